The van der Waals surface area contributed by atoms with Crippen LogP contribution in [-0.4, -0.2) is 24.3 Å². The fraction of sp³-hybridized carbons (Fsp3) is 0.138. The van der Waals surface area contributed by atoms with Gasteiger partial charge in [0.25, 0.3) is 5.56 Å². The molecule has 1 unspecified atom stereocenters. The minimum atomic E-state index is -0.748. The zero-order valence-corrected chi connectivity index (χ0v) is 23.6. The second-order valence-electron chi connectivity index (χ2n) is 8.38. The predicted octanol–water partition coefficient (Wildman–Crippen LogP) is 5.36. The lowest BCUT2D eigenvalue weighted by Gasteiger charge is -2.25. The lowest BCUT2D eigenvalue weighted by Crippen LogP contribution is -2.40. The lowest BCUT2D eigenvalue weighted by molar-refractivity contribution is -0.138. The molecule has 0 aliphatic carbocycles. The van der Waals surface area contributed by atoms with Crippen molar-refractivity contribution in [2.75, 3.05) is 13.7 Å². The van der Waals surface area contributed by atoms with Gasteiger partial charge in [0.1, 0.15) is 5.75 Å². The van der Waals surface area contributed by atoms with Crippen molar-refractivity contribution in [1.82, 2.24) is 4.57 Å². The SMILES string of the molecule is CCOC(=O)C1=C(c2ccccc2)N=c2s/c(=C/c3ccc(OC)c(Br)c3)c(=O)n2C1c1ccc(Cl)cc1. The van der Waals surface area contributed by atoms with Gasteiger partial charge in [-0.3, -0.25) is 9.36 Å². The van der Waals surface area contributed by atoms with Crippen molar-refractivity contribution >= 4 is 56.6 Å². The van der Waals surface area contributed by atoms with Crippen LogP contribution in [-0.2, 0) is 9.53 Å². The van der Waals surface area contributed by atoms with Gasteiger partial charge in [0.05, 0.1) is 40.0 Å². The third kappa shape index (κ3) is 4.99. The van der Waals surface area contributed by atoms with Crippen molar-refractivity contribution < 1.29 is 14.3 Å². The molecule has 0 spiro atoms. The van der Waals surface area contributed by atoms with Gasteiger partial charge in [-0.25, -0.2) is 9.79 Å². The average molecular weight is 610 g/mol. The highest BCUT2D eigenvalue weighted by atomic mass is 79.9. The molecule has 0 fully saturated rings. The first-order valence-corrected chi connectivity index (χ1v) is 13.8. The average Bonchev–Trinajstić information content (AvgIpc) is 3.23. The standard InChI is InChI=1S/C29H22BrClN2O4S/c1-3-37-28(35)24-25(18-7-5-4-6-8-18)32-29-33(26(24)19-10-12-20(31)13-11-19)27(34)23(38-29)16-17-9-14-22(36-2)21(30)15-17/h4-16,26H,3H2,1-2H3/b23-16+. The highest BCUT2D eigenvalue weighted by molar-refractivity contribution is 9.10. The monoisotopic (exact) mass is 608 g/mol. The first-order chi connectivity index (χ1) is 18.4. The summed E-state index contributed by atoms with van der Waals surface area (Å²) >= 11 is 10.9. The molecule has 0 amide bonds. The minimum absolute atomic E-state index is 0.189. The molecule has 1 aliphatic rings. The first kappa shape index (κ1) is 26.2. The molecule has 9 heteroatoms. The fourth-order valence-corrected chi connectivity index (χ4v) is 6.01. The van der Waals surface area contributed by atoms with E-state index in [4.69, 9.17) is 26.1 Å². The fourth-order valence-electron chi connectivity index (χ4n) is 4.32. The van der Waals surface area contributed by atoms with Crippen LogP contribution in [0.3, 0.4) is 0 Å². The molecule has 1 aromatic heterocycles. The molecular formula is C29H22BrClN2O4S. The number of hydrogen-bond acceptors (Lipinski definition) is 6. The highest BCUT2D eigenvalue weighted by Crippen LogP contribution is 2.35. The van der Waals surface area contributed by atoms with Crippen molar-refractivity contribution in [3.63, 3.8) is 0 Å². The molecule has 6 nitrogen and oxygen atoms in total. The molecule has 38 heavy (non-hydrogen) atoms. The third-order valence-electron chi connectivity index (χ3n) is 6.03. The predicted molar refractivity (Wildman–Crippen MR) is 153 cm³/mol. The highest BCUT2D eigenvalue weighted by Gasteiger charge is 2.35. The van der Waals surface area contributed by atoms with Crippen LogP contribution in [0.5, 0.6) is 5.75 Å². The Morgan fingerprint density at radius 3 is 2.53 bits per heavy atom. The van der Waals surface area contributed by atoms with Gasteiger partial charge < -0.3 is 9.47 Å². The number of halogens is 2. The van der Waals surface area contributed by atoms with Gasteiger partial charge >= 0.3 is 5.97 Å². The lowest BCUT2D eigenvalue weighted by atomic mass is 9.93. The number of carbonyl (C=O) groups is 1. The molecular weight excluding hydrogens is 588 g/mol. The summed E-state index contributed by atoms with van der Waals surface area (Å²) < 4.78 is 13.6. The molecule has 0 saturated heterocycles. The topological polar surface area (TPSA) is 69.9 Å². The van der Waals surface area contributed by atoms with Crippen molar-refractivity contribution in [2.24, 2.45) is 4.99 Å². The normalized spacial score (nSPS) is 15.2. The van der Waals surface area contributed by atoms with E-state index in [1.54, 1.807) is 30.7 Å². The maximum atomic E-state index is 13.9. The number of hydrogen-bond donors (Lipinski definition) is 0. The van der Waals surface area contributed by atoms with Gasteiger partial charge in [0.2, 0.25) is 0 Å². The number of nitrogens with zero attached hydrogens (tertiary/aromatic N) is 2. The van der Waals surface area contributed by atoms with E-state index in [-0.39, 0.29) is 12.2 Å². The summed E-state index contributed by atoms with van der Waals surface area (Å²) in [5, 5.41) is 0.552. The van der Waals surface area contributed by atoms with Crippen molar-refractivity contribution in [2.45, 2.75) is 13.0 Å². The third-order valence-corrected chi connectivity index (χ3v) is 7.89. The van der Waals surface area contributed by atoms with Crippen LogP contribution >= 0.6 is 38.9 Å². The molecule has 0 bridgehead atoms. The molecule has 3 aromatic carbocycles. The Hall–Kier alpha value is -3.46. The summed E-state index contributed by atoms with van der Waals surface area (Å²) in [6.45, 7) is 1.94. The van der Waals surface area contributed by atoms with Crippen LogP contribution in [0.1, 0.15) is 29.7 Å². The molecule has 0 saturated carbocycles. The van der Waals surface area contributed by atoms with E-state index in [0.717, 1.165) is 21.2 Å². The first-order valence-electron chi connectivity index (χ1n) is 11.8. The van der Waals surface area contributed by atoms with E-state index in [0.29, 0.717) is 31.4 Å². The second kappa shape index (κ2) is 11.1. The molecule has 1 aliphatic heterocycles. The van der Waals surface area contributed by atoms with Crippen LogP contribution in [0.4, 0.5) is 0 Å². The number of thiazole rings is 1. The van der Waals surface area contributed by atoms with Gasteiger partial charge in [0, 0.05) is 10.6 Å². The minimum Gasteiger partial charge on any atom is -0.496 e. The zero-order valence-electron chi connectivity index (χ0n) is 20.5. The Kier molecular flexibility index (Phi) is 7.65. The van der Waals surface area contributed by atoms with Crippen LogP contribution in [0, 0.1) is 0 Å². The van der Waals surface area contributed by atoms with E-state index in [9.17, 15) is 9.59 Å². The van der Waals surface area contributed by atoms with E-state index in [2.05, 4.69) is 15.9 Å². The second-order valence-corrected chi connectivity index (χ2v) is 10.7. The van der Waals surface area contributed by atoms with Crippen molar-refractivity contribution in [1.29, 1.82) is 0 Å². The summed E-state index contributed by atoms with van der Waals surface area (Å²) in [6.07, 6.45) is 1.81. The van der Waals surface area contributed by atoms with E-state index in [1.165, 1.54) is 11.3 Å². The maximum Gasteiger partial charge on any atom is 0.338 e. The van der Waals surface area contributed by atoms with Crippen LogP contribution in [0.25, 0.3) is 11.8 Å². The van der Waals surface area contributed by atoms with E-state index < -0.39 is 12.0 Å². The summed E-state index contributed by atoms with van der Waals surface area (Å²) in [7, 11) is 1.60. The molecule has 1 atom stereocenters. The summed E-state index contributed by atoms with van der Waals surface area (Å²) in [5.41, 5.74) is 2.82. The Balaban J connectivity index is 1.80. The van der Waals surface area contributed by atoms with E-state index >= 15 is 0 Å². The number of carbonyl (C=O) groups excluding carboxylic acids is 1. The summed E-state index contributed by atoms with van der Waals surface area (Å²) in [5.74, 6) is 0.168. The Morgan fingerprint density at radius 1 is 1.13 bits per heavy atom. The Morgan fingerprint density at radius 2 is 1.87 bits per heavy atom. The molecule has 0 N–H and O–H groups in total. The number of rotatable bonds is 6. The number of fused-ring (bicyclic) bond motifs is 1. The number of ether oxygens (including phenoxy) is 2. The van der Waals surface area contributed by atoms with Gasteiger partial charge in [-0.1, -0.05) is 71.5 Å². The molecule has 0 radical (unpaired) electrons. The van der Waals surface area contributed by atoms with Crippen LogP contribution in [0.15, 0.2) is 92.6 Å². The Bertz CT molecular complexity index is 1730. The smallest absolute Gasteiger partial charge is 0.338 e. The zero-order chi connectivity index (χ0) is 26.8. The number of esters is 1. The largest absolute Gasteiger partial charge is 0.496 e. The van der Waals surface area contributed by atoms with Crippen LogP contribution in [0.2, 0.25) is 5.02 Å². The van der Waals surface area contributed by atoms with Gasteiger partial charge in [-0.05, 0) is 64.3 Å². The van der Waals surface area contributed by atoms with Gasteiger partial charge in [0.15, 0.2) is 4.80 Å². The number of methoxy groups -OCH3 is 1. The van der Waals surface area contributed by atoms with Crippen molar-refractivity contribution in [3.05, 3.63) is 124 Å². The maximum absolute atomic E-state index is 13.9. The molecule has 4 aromatic rings. The summed E-state index contributed by atoms with van der Waals surface area (Å²) in [6, 6.07) is 21.4. The molecule has 5 rings (SSSR count). The number of benzene rings is 3. The summed E-state index contributed by atoms with van der Waals surface area (Å²) in [4.78, 5) is 32.7. The molecule has 192 valence electrons. The number of aromatic nitrogens is 1. The van der Waals surface area contributed by atoms with Crippen LogP contribution < -0.4 is 19.6 Å². The molecule has 2 heterocycles. The van der Waals surface area contributed by atoms with E-state index in [1.807, 2.05) is 66.7 Å². The van der Waals surface area contributed by atoms with Gasteiger partial charge in [-0.2, -0.15) is 0 Å². The van der Waals surface area contributed by atoms with Gasteiger partial charge in [-0.15, -0.1) is 0 Å². The van der Waals surface area contributed by atoms with Crippen molar-refractivity contribution in [3.8, 4) is 5.75 Å². The Labute approximate surface area is 236 Å². The quantitative estimate of drug-likeness (QED) is 0.276.